The lowest BCUT2D eigenvalue weighted by Gasteiger charge is -2.08. The Morgan fingerprint density at radius 1 is 1.10 bits per heavy atom. The summed E-state index contributed by atoms with van der Waals surface area (Å²) in [4.78, 5) is 8.93. The van der Waals surface area contributed by atoms with Gasteiger partial charge in [0, 0.05) is 11.6 Å². The van der Waals surface area contributed by atoms with Crippen LogP contribution in [0.25, 0.3) is 27.8 Å². The van der Waals surface area contributed by atoms with Gasteiger partial charge in [-0.15, -0.1) is 0 Å². The predicted molar refractivity (Wildman–Crippen MR) is 80.3 cm³/mol. The van der Waals surface area contributed by atoms with Gasteiger partial charge in [-0.1, -0.05) is 18.2 Å². The van der Waals surface area contributed by atoms with Crippen LogP contribution in [0.15, 0.2) is 54.9 Å². The maximum Gasteiger partial charge on any atom is 0.223 e. The smallest absolute Gasteiger partial charge is 0.223 e. The van der Waals surface area contributed by atoms with E-state index in [9.17, 15) is 0 Å². The van der Waals surface area contributed by atoms with Crippen LogP contribution in [-0.4, -0.2) is 26.7 Å². The first-order valence-corrected chi connectivity index (χ1v) is 6.60. The molecular formula is C16H12N4O. The lowest BCUT2D eigenvalue weighted by Crippen LogP contribution is -1.97. The summed E-state index contributed by atoms with van der Waals surface area (Å²) in [5, 5.41) is 5.40. The highest BCUT2D eigenvalue weighted by atomic mass is 16.5. The number of hydrogen-bond donors (Lipinski definition) is 0. The van der Waals surface area contributed by atoms with Gasteiger partial charge in [0.1, 0.15) is 0 Å². The number of pyridine rings is 1. The second-order valence-corrected chi connectivity index (χ2v) is 4.68. The molecule has 0 spiro atoms. The molecule has 3 aromatic heterocycles. The molecule has 0 aliphatic rings. The van der Waals surface area contributed by atoms with Crippen LogP contribution in [0.2, 0.25) is 0 Å². The highest BCUT2D eigenvalue weighted by Gasteiger charge is 2.14. The van der Waals surface area contributed by atoms with E-state index in [0.29, 0.717) is 5.88 Å². The van der Waals surface area contributed by atoms with Crippen LogP contribution in [0.5, 0.6) is 5.88 Å². The van der Waals surface area contributed by atoms with Gasteiger partial charge < -0.3 is 4.74 Å². The van der Waals surface area contributed by atoms with Crippen molar-refractivity contribution in [2.75, 3.05) is 7.11 Å². The van der Waals surface area contributed by atoms with E-state index in [1.807, 2.05) is 36.4 Å². The minimum Gasteiger partial charge on any atom is -0.480 e. The molecule has 5 nitrogen and oxygen atoms in total. The molecule has 0 saturated heterocycles. The normalized spacial score (nSPS) is 11.1. The van der Waals surface area contributed by atoms with Crippen molar-refractivity contribution < 1.29 is 4.74 Å². The third-order valence-electron chi connectivity index (χ3n) is 3.44. The number of benzene rings is 1. The summed E-state index contributed by atoms with van der Waals surface area (Å²) in [7, 11) is 1.62. The molecule has 0 bridgehead atoms. The van der Waals surface area contributed by atoms with Gasteiger partial charge >= 0.3 is 0 Å². The molecule has 0 N–H and O–H groups in total. The average Bonchev–Trinajstić information content (AvgIpc) is 2.97. The second-order valence-electron chi connectivity index (χ2n) is 4.68. The molecule has 21 heavy (non-hydrogen) atoms. The van der Waals surface area contributed by atoms with Crippen molar-refractivity contribution in [2.24, 2.45) is 0 Å². The molecule has 0 saturated carbocycles. The first-order chi connectivity index (χ1) is 10.4. The Hall–Kier alpha value is -2.95. The summed E-state index contributed by atoms with van der Waals surface area (Å²) < 4.78 is 7.23. The topological polar surface area (TPSA) is 52.3 Å². The minimum absolute atomic E-state index is 0.571. The number of para-hydroxylation sites is 1. The number of nitrogens with zero attached hydrogens (tertiary/aromatic N) is 4. The van der Waals surface area contributed by atoms with Crippen LogP contribution in [0.4, 0.5) is 0 Å². The summed E-state index contributed by atoms with van der Waals surface area (Å²) in [6.45, 7) is 0. The van der Waals surface area contributed by atoms with Crippen LogP contribution in [0, 0.1) is 0 Å². The molecule has 102 valence electrons. The Balaban J connectivity index is 2.04. The van der Waals surface area contributed by atoms with E-state index in [1.54, 1.807) is 24.0 Å². The highest BCUT2D eigenvalue weighted by molar-refractivity contribution is 5.85. The number of imidazole rings is 1. The molecule has 0 aliphatic carbocycles. The molecule has 0 aliphatic heterocycles. The van der Waals surface area contributed by atoms with Crippen LogP contribution in [0.1, 0.15) is 0 Å². The van der Waals surface area contributed by atoms with Crippen molar-refractivity contribution >= 4 is 16.6 Å². The van der Waals surface area contributed by atoms with Gasteiger partial charge in [-0.05, 0) is 24.3 Å². The molecule has 0 radical (unpaired) electrons. The SMILES string of the molecule is COc1nc2ccccc2cc1-c1cnc2cccnn12. The first-order valence-electron chi connectivity index (χ1n) is 6.60. The molecule has 5 heteroatoms. The Bertz CT molecular complexity index is 945. The van der Waals surface area contributed by atoms with Gasteiger partial charge in [0.25, 0.3) is 0 Å². The van der Waals surface area contributed by atoms with Crippen LogP contribution in [-0.2, 0) is 0 Å². The Kier molecular flexibility index (Phi) is 2.57. The van der Waals surface area contributed by atoms with Gasteiger partial charge in [-0.3, -0.25) is 0 Å². The Labute approximate surface area is 120 Å². The van der Waals surface area contributed by atoms with Crippen molar-refractivity contribution in [1.29, 1.82) is 0 Å². The van der Waals surface area contributed by atoms with E-state index in [1.165, 1.54) is 0 Å². The predicted octanol–water partition coefficient (Wildman–Crippen LogP) is 2.95. The summed E-state index contributed by atoms with van der Waals surface area (Å²) in [5.41, 5.74) is 3.44. The third-order valence-corrected chi connectivity index (χ3v) is 3.44. The van der Waals surface area contributed by atoms with Crippen LogP contribution >= 0.6 is 0 Å². The van der Waals surface area contributed by atoms with Gasteiger partial charge in [0.05, 0.1) is 30.1 Å². The molecule has 0 amide bonds. The summed E-state index contributed by atoms with van der Waals surface area (Å²) in [6, 6.07) is 13.8. The maximum absolute atomic E-state index is 5.45. The van der Waals surface area contributed by atoms with Gasteiger partial charge in [-0.25, -0.2) is 14.5 Å². The summed E-state index contributed by atoms with van der Waals surface area (Å²) >= 11 is 0. The molecular weight excluding hydrogens is 264 g/mol. The number of fused-ring (bicyclic) bond motifs is 2. The number of aromatic nitrogens is 4. The van der Waals surface area contributed by atoms with Gasteiger partial charge in [0.2, 0.25) is 5.88 Å². The van der Waals surface area contributed by atoms with E-state index >= 15 is 0 Å². The maximum atomic E-state index is 5.45. The van der Waals surface area contributed by atoms with Crippen molar-refractivity contribution in [3.05, 3.63) is 54.9 Å². The average molecular weight is 276 g/mol. The monoisotopic (exact) mass is 276 g/mol. The fourth-order valence-corrected chi connectivity index (χ4v) is 2.45. The van der Waals surface area contributed by atoms with Gasteiger partial charge in [0.15, 0.2) is 5.65 Å². The minimum atomic E-state index is 0.571. The Morgan fingerprint density at radius 3 is 2.90 bits per heavy atom. The van der Waals surface area contributed by atoms with E-state index in [0.717, 1.165) is 27.8 Å². The van der Waals surface area contributed by atoms with Crippen molar-refractivity contribution in [1.82, 2.24) is 19.6 Å². The van der Waals surface area contributed by atoms with E-state index in [-0.39, 0.29) is 0 Å². The zero-order chi connectivity index (χ0) is 14.2. The molecule has 0 unspecified atom stereocenters. The zero-order valence-electron chi connectivity index (χ0n) is 11.4. The molecule has 4 aromatic rings. The molecule has 4 rings (SSSR count). The highest BCUT2D eigenvalue weighted by Crippen LogP contribution is 2.31. The summed E-state index contributed by atoms with van der Waals surface area (Å²) in [6.07, 6.45) is 3.52. The van der Waals surface area contributed by atoms with E-state index in [2.05, 4.69) is 21.1 Å². The van der Waals surface area contributed by atoms with Crippen LogP contribution < -0.4 is 4.74 Å². The van der Waals surface area contributed by atoms with Crippen molar-refractivity contribution in [3.63, 3.8) is 0 Å². The lowest BCUT2D eigenvalue weighted by atomic mass is 10.1. The second kappa shape index (κ2) is 4.56. The number of ether oxygens (including phenoxy) is 1. The van der Waals surface area contributed by atoms with Crippen LogP contribution in [0.3, 0.4) is 0 Å². The molecule has 0 atom stereocenters. The van der Waals surface area contributed by atoms with E-state index in [4.69, 9.17) is 4.74 Å². The number of hydrogen-bond acceptors (Lipinski definition) is 4. The van der Waals surface area contributed by atoms with E-state index < -0.39 is 0 Å². The molecule has 3 heterocycles. The molecule has 1 aromatic carbocycles. The zero-order valence-corrected chi connectivity index (χ0v) is 11.4. The fourth-order valence-electron chi connectivity index (χ4n) is 2.45. The van der Waals surface area contributed by atoms with Crippen molar-refractivity contribution in [2.45, 2.75) is 0 Å². The standard InChI is InChI=1S/C16H12N4O/c1-21-16-12(9-11-5-2-3-6-13(11)19-16)14-10-17-15-7-4-8-18-20(14)15/h2-10H,1H3. The van der Waals surface area contributed by atoms with Gasteiger partial charge in [-0.2, -0.15) is 5.10 Å². The number of rotatable bonds is 2. The summed E-state index contributed by atoms with van der Waals surface area (Å²) in [5.74, 6) is 0.571. The molecule has 0 fully saturated rings. The lowest BCUT2D eigenvalue weighted by molar-refractivity contribution is 0.401. The first kappa shape index (κ1) is 11.8. The Morgan fingerprint density at radius 2 is 2.00 bits per heavy atom. The third kappa shape index (κ3) is 1.82. The quantitative estimate of drug-likeness (QED) is 0.565. The largest absolute Gasteiger partial charge is 0.480 e. The van der Waals surface area contributed by atoms with Crippen molar-refractivity contribution in [3.8, 4) is 17.1 Å². The fraction of sp³-hybridized carbons (Fsp3) is 0.0625. The number of methoxy groups -OCH3 is 1.